The lowest BCUT2D eigenvalue weighted by molar-refractivity contribution is -0.110. The van der Waals surface area contributed by atoms with Crippen molar-refractivity contribution in [3.8, 4) is 0 Å². The SMILES string of the molecule is CCCN(CCC)C(=O)c1ccc2c(c1)/C(=C(\C)Nc1ccc(CN(C)C)cc1)C(=O)N2. The minimum atomic E-state index is -0.155. The van der Waals surface area contributed by atoms with Gasteiger partial charge in [-0.15, -0.1) is 0 Å². The third kappa shape index (κ3) is 5.37. The second kappa shape index (κ2) is 10.5. The molecule has 32 heavy (non-hydrogen) atoms. The fraction of sp³-hybridized carbons (Fsp3) is 0.385. The summed E-state index contributed by atoms with van der Waals surface area (Å²) in [6.45, 7) is 8.38. The van der Waals surface area contributed by atoms with E-state index in [0.717, 1.165) is 55.1 Å². The third-order valence-electron chi connectivity index (χ3n) is 5.44. The fourth-order valence-corrected chi connectivity index (χ4v) is 4.05. The van der Waals surface area contributed by atoms with Crippen molar-refractivity contribution in [2.45, 2.75) is 40.2 Å². The van der Waals surface area contributed by atoms with Crippen LogP contribution in [-0.4, -0.2) is 48.8 Å². The Balaban J connectivity index is 1.88. The monoisotopic (exact) mass is 434 g/mol. The van der Waals surface area contributed by atoms with Crippen molar-refractivity contribution in [3.05, 3.63) is 64.9 Å². The van der Waals surface area contributed by atoms with Gasteiger partial charge >= 0.3 is 0 Å². The van der Waals surface area contributed by atoms with Crippen LogP contribution in [0.1, 0.15) is 55.1 Å². The lowest BCUT2D eigenvalue weighted by atomic mass is 10.0. The summed E-state index contributed by atoms with van der Waals surface area (Å²) in [5.74, 6) is -0.143. The first kappa shape index (κ1) is 23.5. The minimum Gasteiger partial charge on any atom is -0.358 e. The highest BCUT2D eigenvalue weighted by Crippen LogP contribution is 2.35. The van der Waals surface area contributed by atoms with E-state index < -0.39 is 0 Å². The van der Waals surface area contributed by atoms with Crippen LogP contribution in [0.2, 0.25) is 0 Å². The van der Waals surface area contributed by atoms with E-state index in [-0.39, 0.29) is 11.8 Å². The Morgan fingerprint density at radius 3 is 2.25 bits per heavy atom. The van der Waals surface area contributed by atoms with Crippen LogP contribution >= 0.6 is 0 Å². The quantitative estimate of drug-likeness (QED) is 0.556. The molecule has 2 aromatic rings. The number of carbonyl (C=O) groups is 2. The summed E-state index contributed by atoms with van der Waals surface area (Å²) in [6, 6.07) is 13.7. The number of carbonyl (C=O) groups excluding carboxylic acids is 2. The molecule has 3 rings (SSSR count). The maximum Gasteiger partial charge on any atom is 0.258 e. The molecule has 0 aromatic heterocycles. The van der Waals surface area contributed by atoms with Gasteiger partial charge in [0.15, 0.2) is 0 Å². The van der Waals surface area contributed by atoms with Crippen molar-refractivity contribution in [2.75, 3.05) is 37.8 Å². The van der Waals surface area contributed by atoms with Crippen LogP contribution in [0.15, 0.2) is 48.2 Å². The Hall–Kier alpha value is -3.12. The van der Waals surface area contributed by atoms with Crippen LogP contribution in [0.5, 0.6) is 0 Å². The first-order valence-corrected chi connectivity index (χ1v) is 11.3. The summed E-state index contributed by atoms with van der Waals surface area (Å²) in [5.41, 5.74) is 5.59. The number of benzene rings is 2. The smallest absolute Gasteiger partial charge is 0.258 e. The number of amides is 2. The molecule has 0 unspecified atom stereocenters. The van der Waals surface area contributed by atoms with E-state index in [0.29, 0.717) is 11.1 Å². The van der Waals surface area contributed by atoms with Gasteiger partial charge in [-0.2, -0.15) is 0 Å². The lowest BCUT2D eigenvalue weighted by Gasteiger charge is -2.21. The topological polar surface area (TPSA) is 64.7 Å². The zero-order valence-corrected chi connectivity index (χ0v) is 19.8. The number of nitrogens with zero attached hydrogens (tertiary/aromatic N) is 2. The molecule has 170 valence electrons. The summed E-state index contributed by atoms with van der Waals surface area (Å²) < 4.78 is 0. The Morgan fingerprint density at radius 2 is 1.66 bits per heavy atom. The van der Waals surface area contributed by atoms with Gasteiger partial charge in [0.1, 0.15) is 0 Å². The van der Waals surface area contributed by atoms with Crippen LogP contribution in [0.3, 0.4) is 0 Å². The van der Waals surface area contributed by atoms with Gasteiger partial charge in [-0.3, -0.25) is 9.59 Å². The number of allylic oxidation sites excluding steroid dienone is 1. The fourth-order valence-electron chi connectivity index (χ4n) is 4.05. The van der Waals surface area contributed by atoms with E-state index in [1.807, 2.05) is 50.2 Å². The standard InChI is InChI=1S/C26H34N4O2/c1-6-14-30(15-7-2)26(32)20-10-13-23-22(16-20)24(25(31)28-23)18(3)27-21-11-8-19(9-12-21)17-29(4)5/h8-13,16,27H,6-7,14-15,17H2,1-5H3,(H,28,31)/b24-18-. The lowest BCUT2D eigenvalue weighted by Crippen LogP contribution is -2.32. The number of fused-ring (bicyclic) bond motifs is 1. The predicted molar refractivity (Wildman–Crippen MR) is 132 cm³/mol. The number of rotatable bonds is 9. The van der Waals surface area contributed by atoms with Gasteiger partial charge in [0, 0.05) is 47.8 Å². The number of hydrogen-bond donors (Lipinski definition) is 2. The first-order valence-electron chi connectivity index (χ1n) is 11.3. The molecule has 0 saturated heterocycles. The van der Waals surface area contributed by atoms with Crippen LogP contribution in [0, 0.1) is 0 Å². The maximum atomic E-state index is 13.1. The van der Waals surface area contributed by atoms with E-state index in [1.54, 1.807) is 6.07 Å². The Labute approximate surface area is 191 Å². The van der Waals surface area contributed by atoms with Crippen LogP contribution < -0.4 is 10.6 Å². The molecule has 0 saturated carbocycles. The molecule has 2 N–H and O–H groups in total. The molecule has 1 aliphatic rings. The molecule has 1 aliphatic heterocycles. The van der Waals surface area contributed by atoms with Gasteiger partial charge in [-0.25, -0.2) is 0 Å². The van der Waals surface area contributed by atoms with E-state index >= 15 is 0 Å². The molecule has 6 nitrogen and oxygen atoms in total. The van der Waals surface area contributed by atoms with Gasteiger partial charge in [0.25, 0.3) is 11.8 Å². The molecule has 6 heteroatoms. The van der Waals surface area contributed by atoms with Crippen molar-refractivity contribution in [2.24, 2.45) is 0 Å². The Kier molecular flexibility index (Phi) is 7.70. The van der Waals surface area contributed by atoms with Gasteiger partial charge in [-0.05, 0) is 69.8 Å². The normalized spacial score (nSPS) is 14.2. The van der Waals surface area contributed by atoms with E-state index in [9.17, 15) is 9.59 Å². The first-order chi connectivity index (χ1) is 15.3. The van der Waals surface area contributed by atoms with Crippen molar-refractivity contribution in [3.63, 3.8) is 0 Å². The largest absolute Gasteiger partial charge is 0.358 e. The molecular formula is C26H34N4O2. The zero-order chi connectivity index (χ0) is 23.3. The summed E-state index contributed by atoms with van der Waals surface area (Å²) in [7, 11) is 4.08. The molecule has 0 atom stereocenters. The summed E-state index contributed by atoms with van der Waals surface area (Å²) >= 11 is 0. The van der Waals surface area contributed by atoms with Crippen molar-refractivity contribution in [1.82, 2.24) is 9.80 Å². The van der Waals surface area contributed by atoms with Crippen LogP contribution in [0.25, 0.3) is 5.57 Å². The highest BCUT2D eigenvalue weighted by atomic mass is 16.2. The average molecular weight is 435 g/mol. The summed E-state index contributed by atoms with van der Waals surface area (Å²) in [6.07, 6.45) is 1.83. The van der Waals surface area contributed by atoms with E-state index in [1.165, 1.54) is 5.56 Å². The zero-order valence-electron chi connectivity index (χ0n) is 19.8. The second-order valence-corrected chi connectivity index (χ2v) is 8.57. The number of anilines is 2. The van der Waals surface area contributed by atoms with Gasteiger partial charge < -0.3 is 20.4 Å². The Morgan fingerprint density at radius 1 is 1.00 bits per heavy atom. The summed E-state index contributed by atoms with van der Waals surface area (Å²) in [4.78, 5) is 29.8. The maximum absolute atomic E-state index is 13.1. The molecule has 2 amide bonds. The summed E-state index contributed by atoms with van der Waals surface area (Å²) in [5, 5.41) is 6.28. The van der Waals surface area contributed by atoms with E-state index in [4.69, 9.17) is 0 Å². The van der Waals surface area contributed by atoms with Crippen molar-refractivity contribution < 1.29 is 9.59 Å². The predicted octanol–water partition coefficient (Wildman–Crippen LogP) is 4.81. The second-order valence-electron chi connectivity index (χ2n) is 8.57. The average Bonchev–Trinajstić information content (AvgIpc) is 3.09. The van der Waals surface area contributed by atoms with Crippen LogP contribution in [0.4, 0.5) is 11.4 Å². The van der Waals surface area contributed by atoms with Crippen molar-refractivity contribution >= 4 is 28.8 Å². The van der Waals surface area contributed by atoms with Crippen molar-refractivity contribution in [1.29, 1.82) is 0 Å². The third-order valence-corrected chi connectivity index (χ3v) is 5.44. The number of hydrogen-bond acceptors (Lipinski definition) is 4. The molecule has 0 radical (unpaired) electrons. The molecule has 0 spiro atoms. The highest BCUT2D eigenvalue weighted by Gasteiger charge is 2.28. The Bertz CT molecular complexity index is 1000. The van der Waals surface area contributed by atoms with E-state index in [2.05, 4.69) is 41.5 Å². The molecule has 0 bridgehead atoms. The van der Waals surface area contributed by atoms with Gasteiger partial charge in [0.05, 0.1) is 5.57 Å². The highest BCUT2D eigenvalue weighted by molar-refractivity contribution is 6.32. The minimum absolute atomic E-state index is 0.0114. The van der Waals surface area contributed by atoms with Crippen LogP contribution in [-0.2, 0) is 11.3 Å². The molecule has 0 aliphatic carbocycles. The van der Waals surface area contributed by atoms with Gasteiger partial charge in [-0.1, -0.05) is 26.0 Å². The number of nitrogens with one attached hydrogen (secondary N) is 2. The molecule has 0 fully saturated rings. The van der Waals surface area contributed by atoms with Gasteiger partial charge in [0.2, 0.25) is 0 Å². The molecular weight excluding hydrogens is 400 g/mol. The molecule has 2 aromatic carbocycles. The molecule has 1 heterocycles.